The highest BCUT2D eigenvalue weighted by molar-refractivity contribution is 5.74. The summed E-state index contributed by atoms with van der Waals surface area (Å²) < 4.78 is 12.5. The van der Waals surface area contributed by atoms with Gasteiger partial charge in [-0.25, -0.2) is 9.67 Å². The fourth-order valence-electron chi connectivity index (χ4n) is 2.50. The van der Waals surface area contributed by atoms with Crippen LogP contribution in [0, 0.1) is 6.92 Å². The molecule has 0 saturated carbocycles. The summed E-state index contributed by atoms with van der Waals surface area (Å²) in [5.41, 5.74) is 1.90. The lowest BCUT2D eigenvalue weighted by molar-refractivity contribution is 0.359. The highest BCUT2D eigenvalue weighted by Crippen LogP contribution is 2.22. The number of furan rings is 1. The van der Waals surface area contributed by atoms with Crippen LogP contribution in [0.15, 0.2) is 45.8 Å². The van der Waals surface area contributed by atoms with Gasteiger partial charge in [0.2, 0.25) is 5.89 Å². The number of nitrogens with zero attached hydrogens (tertiary/aromatic N) is 5. The summed E-state index contributed by atoms with van der Waals surface area (Å²) in [4.78, 5) is 8.85. The van der Waals surface area contributed by atoms with Gasteiger partial charge >= 0.3 is 0 Å². The molecule has 4 aromatic rings. The van der Waals surface area contributed by atoms with E-state index >= 15 is 0 Å². The predicted molar refractivity (Wildman–Crippen MR) is 81.9 cm³/mol. The van der Waals surface area contributed by atoms with Gasteiger partial charge in [0, 0.05) is 11.6 Å². The Morgan fingerprint density at radius 1 is 1.30 bits per heavy atom. The third kappa shape index (κ3) is 2.50. The van der Waals surface area contributed by atoms with Gasteiger partial charge in [0.1, 0.15) is 12.3 Å². The van der Waals surface area contributed by atoms with Crippen molar-refractivity contribution in [1.29, 1.82) is 0 Å². The monoisotopic (exact) mass is 309 g/mol. The molecule has 0 aromatic carbocycles. The Morgan fingerprint density at radius 2 is 2.22 bits per heavy atom. The molecule has 0 aliphatic rings. The zero-order chi connectivity index (χ0) is 15.8. The second-order valence-electron chi connectivity index (χ2n) is 5.51. The molecule has 0 aliphatic heterocycles. The van der Waals surface area contributed by atoms with E-state index in [0.29, 0.717) is 18.3 Å². The minimum atomic E-state index is -0.0577. The Labute approximate surface area is 131 Å². The molecular weight excluding hydrogens is 294 g/mol. The number of rotatable bonds is 4. The standard InChI is InChI=1S/C16H15N5O2/c1-10-6-12-8-18-21(16(12)17-7-10)9-14-19-15(20-23-14)11(2)13-4-3-5-22-13/h3-8,11H,9H2,1-2H3. The third-order valence-corrected chi connectivity index (χ3v) is 3.74. The molecular formula is C16H15N5O2. The van der Waals surface area contributed by atoms with Crippen LogP contribution in [0.25, 0.3) is 11.0 Å². The first kappa shape index (κ1) is 13.7. The van der Waals surface area contributed by atoms with Crippen molar-refractivity contribution in [3.8, 4) is 0 Å². The van der Waals surface area contributed by atoms with Crippen molar-refractivity contribution in [2.75, 3.05) is 0 Å². The molecule has 0 N–H and O–H groups in total. The Kier molecular flexibility index (Phi) is 3.18. The van der Waals surface area contributed by atoms with Gasteiger partial charge in [0.15, 0.2) is 11.5 Å². The van der Waals surface area contributed by atoms with Crippen molar-refractivity contribution in [2.24, 2.45) is 0 Å². The molecule has 1 atom stereocenters. The molecule has 4 aromatic heterocycles. The van der Waals surface area contributed by atoms with E-state index in [4.69, 9.17) is 8.94 Å². The molecule has 0 amide bonds. The van der Waals surface area contributed by atoms with Gasteiger partial charge in [-0.3, -0.25) is 0 Å². The minimum Gasteiger partial charge on any atom is -0.469 e. The summed E-state index contributed by atoms with van der Waals surface area (Å²) in [5, 5.41) is 9.38. The number of pyridine rings is 1. The lowest BCUT2D eigenvalue weighted by Crippen LogP contribution is -2.03. The zero-order valence-corrected chi connectivity index (χ0v) is 12.8. The number of fused-ring (bicyclic) bond motifs is 1. The molecule has 1 unspecified atom stereocenters. The van der Waals surface area contributed by atoms with Crippen LogP contribution in [-0.4, -0.2) is 24.9 Å². The molecule has 23 heavy (non-hydrogen) atoms. The van der Waals surface area contributed by atoms with Crippen LogP contribution in [0.2, 0.25) is 0 Å². The number of aryl methyl sites for hydroxylation is 1. The Bertz CT molecular complexity index is 939. The maximum atomic E-state index is 5.38. The Hall–Kier alpha value is -2.96. The summed E-state index contributed by atoms with van der Waals surface area (Å²) in [7, 11) is 0. The molecule has 0 fully saturated rings. The highest BCUT2D eigenvalue weighted by atomic mass is 16.5. The van der Waals surface area contributed by atoms with Crippen LogP contribution in [0.1, 0.15) is 35.9 Å². The lowest BCUT2D eigenvalue weighted by atomic mass is 10.1. The number of aromatic nitrogens is 5. The van der Waals surface area contributed by atoms with Gasteiger partial charge in [0.25, 0.3) is 0 Å². The molecule has 0 spiro atoms. The first-order chi connectivity index (χ1) is 11.2. The average molecular weight is 309 g/mol. The quantitative estimate of drug-likeness (QED) is 0.576. The van der Waals surface area contributed by atoms with Crippen molar-refractivity contribution >= 4 is 11.0 Å². The van der Waals surface area contributed by atoms with Crippen LogP contribution in [0.4, 0.5) is 0 Å². The molecule has 7 heteroatoms. The summed E-state index contributed by atoms with van der Waals surface area (Å²) >= 11 is 0. The topological polar surface area (TPSA) is 82.8 Å². The van der Waals surface area contributed by atoms with Gasteiger partial charge in [-0.2, -0.15) is 10.1 Å². The smallest absolute Gasteiger partial charge is 0.248 e. The molecule has 0 saturated heterocycles. The zero-order valence-electron chi connectivity index (χ0n) is 12.8. The van der Waals surface area contributed by atoms with E-state index in [9.17, 15) is 0 Å². The van der Waals surface area contributed by atoms with Crippen molar-refractivity contribution in [2.45, 2.75) is 26.3 Å². The van der Waals surface area contributed by atoms with E-state index in [0.717, 1.165) is 22.4 Å². The molecule has 116 valence electrons. The van der Waals surface area contributed by atoms with E-state index in [1.165, 1.54) is 0 Å². The second kappa shape index (κ2) is 5.35. The Balaban J connectivity index is 1.59. The van der Waals surface area contributed by atoms with Crippen LogP contribution < -0.4 is 0 Å². The average Bonchev–Trinajstić information content (AvgIpc) is 3.27. The van der Waals surface area contributed by atoms with E-state index in [1.54, 1.807) is 17.1 Å². The van der Waals surface area contributed by atoms with E-state index in [-0.39, 0.29) is 5.92 Å². The maximum Gasteiger partial charge on any atom is 0.248 e. The SMILES string of the molecule is Cc1cnc2c(cnn2Cc2nc(C(C)c3ccco3)no2)c1. The fourth-order valence-corrected chi connectivity index (χ4v) is 2.50. The summed E-state index contributed by atoms with van der Waals surface area (Å²) in [5.74, 6) is 1.83. The minimum absolute atomic E-state index is 0.0577. The highest BCUT2D eigenvalue weighted by Gasteiger charge is 2.18. The molecule has 4 rings (SSSR count). The van der Waals surface area contributed by atoms with Crippen molar-refractivity contribution in [3.63, 3.8) is 0 Å². The van der Waals surface area contributed by atoms with Gasteiger partial charge in [0.05, 0.1) is 18.4 Å². The first-order valence-corrected chi connectivity index (χ1v) is 7.35. The van der Waals surface area contributed by atoms with E-state index in [1.807, 2.05) is 38.2 Å². The van der Waals surface area contributed by atoms with Gasteiger partial charge in [-0.05, 0) is 37.6 Å². The van der Waals surface area contributed by atoms with E-state index in [2.05, 4.69) is 20.2 Å². The van der Waals surface area contributed by atoms with Crippen molar-refractivity contribution in [1.82, 2.24) is 24.9 Å². The van der Waals surface area contributed by atoms with Crippen LogP contribution in [0.3, 0.4) is 0 Å². The van der Waals surface area contributed by atoms with Crippen molar-refractivity contribution in [3.05, 3.63) is 59.9 Å². The maximum absolute atomic E-state index is 5.38. The summed E-state index contributed by atoms with van der Waals surface area (Å²) in [6, 6.07) is 5.79. The largest absolute Gasteiger partial charge is 0.469 e. The van der Waals surface area contributed by atoms with E-state index < -0.39 is 0 Å². The van der Waals surface area contributed by atoms with Gasteiger partial charge < -0.3 is 8.94 Å². The fraction of sp³-hybridized carbons (Fsp3) is 0.250. The molecule has 7 nitrogen and oxygen atoms in total. The summed E-state index contributed by atoms with van der Waals surface area (Å²) in [6.07, 6.45) is 5.24. The molecule has 4 heterocycles. The second-order valence-corrected chi connectivity index (χ2v) is 5.51. The molecule has 0 bridgehead atoms. The third-order valence-electron chi connectivity index (χ3n) is 3.74. The van der Waals surface area contributed by atoms with Crippen LogP contribution >= 0.6 is 0 Å². The predicted octanol–water partition coefficient (Wildman–Crippen LogP) is 2.92. The summed E-state index contributed by atoms with van der Waals surface area (Å²) in [6.45, 7) is 4.36. The number of hydrogen-bond acceptors (Lipinski definition) is 6. The van der Waals surface area contributed by atoms with Crippen LogP contribution in [-0.2, 0) is 6.54 Å². The van der Waals surface area contributed by atoms with Crippen LogP contribution in [0.5, 0.6) is 0 Å². The van der Waals surface area contributed by atoms with Gasteiger partial charge in [-0.1, -0.05) is 5.16 Å². The van der Waals surface area contributed by atoms with Gasteiger partial charge in [-0.15, -0.1) is 0 Å². The normalized spacial score (nSPS) is 12.8. The molecule has 0 aliphatic carbocycles. The lowest BCUT2D eigenvalue weighted by Gasteiger charge is -2.01. The molecule has 0 radical (unpaired) electrons. The Morgan fingerprint density at radius 3 is 3.04 bits per heavy atom. The first-order valence-electron chi connectivity index (χ1n) is 7.35. The van der Waals surface area contributed by atoms with Crippen molar-refractivity contribution < 1.29 is 8.94 Å². The number of hydrogen-bond donors (Lipinski definition) is 0.